The molecule has 5 heteroatoms. The molecule has 1 aliphatic rings. The lowest BCUT2D eigenvalue weighted by atomic mass is 10.1. The molecule has 0 amide bonds. The molecule has 2 nitrogen and oxygen atoms in total. The number of nitrogens with zero attached hydrogens (tertiary/aromatic N) is 2. The van der Waals surface area contributed by atoms with E-state index in [4.69, 9.17) is 0 Å². The second-order valence-electron chi connectivity index (χ2n) is 4.16. The summed E-state index contributed by atoms with van der Waals surface area (Å²) in [6.07, 6.45) is 5.50. The number of pyridine rings is 1. The highest BCUT2D eigenvalue weighted by Gasteiger charge is 2.22. The molecule has 1 aliphatic heterocycles. The van der Waals surface area contributed by atoms with Crippen LogP contribution in [0.2, 0.25) is 0 Å². The molecule has 2 aromatic rings. The number of allylic oxidation sites excluding steroid dienone is 1. The number of fused-ring (bicyclic) bond motifs is 1. The monoisotopic (exact) mass is 262 g/mol. The van der Waals surface area contributed by atoms with E-state index in [1.165, 1.54) is 11.1 Å². The van der Waals surface area contributed by atoms with E-state index in [0.717, 1.165) is 5.56 Å². The summed E-state index contributed by atoms with van der Waals surface area (Å²) in [6, 6.07) is 4.90. The fourth-order valence-corrected chi connectivity index (χ4v) is 2.11. The maximum absolute atomic E-state index is 13.8. The molecular weight excluding hydrogens is 253 g/mol. The molecule has 0 N–H and O–H groups in total. The van der Waals surface area contributed by atoms with Gasteiger partial charge in [0.1, 0.15) is 17.3 Å². The van der Waals surface area contributed by atoms with E-state index in [0.29, 0.717) is 24.4 Å². The summed E-state index contributed by atoms with van der Waals surface area (Å²) in [4.78, 5) is 5.42. The fourth-order valence-electron chi connectivity index (χ4n) is 2.11. The van der Waals surface area contributed by atoms with Gasteiger partial charge >= 0.3 is 0 Å². The van der Waals surface area contributed by atoms with Crippen LogP contribution in [0.25, 0.3) is 0 Å². The van der Waals surface area contributed by atoms with Crippen molar-refractivity contribution in [3.8, 4) is 0 Å². The normalized spacial score (nSPS) is 13.5. The van der Waals surface area contributed by atoms with Crippen LogP contribution in [-0.4, -0.2) is 4.98 Å². The van der Waals surface area contributed by atoms with Gasteiger partial charge in [-0.3, -0.25) is 4.90 Å². The second kappa shape index (κ2) is 4.42. The summed E-state index contributed by atoms with van der Waals surface area (Å²) in [7, 11) is 0. The molecule has 0 unspecified atom stereocenters. The second-order valence-corrected chi connectivity index (χ2v) is 4.16. The SMILES string of the molecule is Fc1cc(F)c(N2C=CCc3cccnc32)c(F)c1. The van der Waals surface area contributed by atoms with Crippen LogP contribution in [0.5, 0.6) is 0 Å². The third-order valence-corrected chi connectivity index (χ3v) is 2.91. The number of hydrogen-bond acceptors (Lipinski definition) is 2. The van der Waals surface area contributed by atoms with Gasteiger partial charge in [0.15, 0.2) is 11.6 Å². The first-order valence-electron chi connectivity index (χ1n) is 5.71. The lowest BCUT2D eigenvalue weighted by Gasteiger charge is -2.25. The smallest absolute Gasteiger partial charge is 0.153 e. The van der Waals surface area contributed by atoms with E-state index in [2.05, 4.69) is 4.98 Å². The fraction of sp³-hybridized carbons (Fsp3) is 0.0714. The molecule has 19 heavy (non-hydrogen) atoms. The molecule has 3 rings (SSSR count). The highest BCUT2D eigenvalue weighted by molar-refractivity contribution is 5.68. The van der Waals surface area contributed by atoms with Crippen LogP contribution >= 0.6 is 0 Å². The minimum Gasteiger partial charge on any atom is -0.296 e. The van der Waals surface area contributed by atoms with Gasteiger partial charge in [-0.1, -0.05) is 12.1 Å². The molecule has 0 atom stereocenters. The number of rotatable bonds is 1. The molecule has 0 fully saturated rings. The summed E-state index contributed by atoms with van der Waals surface area (Å²) in [6.45, 7) is 0. The quantitative estimate of drug-likeness (QED) is 0.778. The van der Waals surface area contributed by atoms with Gasteiger partial charge < -0.3 is 0 Å². The van der Waals surface area contributed by atoms with Gasteiger partial charge in [-0.25, -0.2) is 18.2 Å². The number of anilines is 2. The van der Waals surface area contributed by atoms with Crippen LogP contribution in [0.4, 0.5) is 24.7 Å². The number of benzene rings is 1. The van der Waals surface area contributed by atoms with Crippen LogP contribution in [0.3, 0.4) is 0 Å². The van der Waals surface area contributed by atoms with Gasteiger partial charge in [-0.05, 0) is 18.1 Å². The van der Waals surface area contributed by atoms with E-state index in [1.807, 2.05) is 6.07 Å². The lowest BCUT2D eigenvalue weighted by molar-refractivity contribution is 0.545. The first-order chi connectivity index (χ1) is 9.16. The molecule has 0 saturated heterocycles. The summed E-state index contributed by atoms with van der Waals surface area (Å²) >= 11 is 0. The summed E-state index contributed by atoms with van der Waals surface area (Å²) in [5.74, 6) is -2.41. The Morgan fingerprint density at radius 1 is 1.11 bits per heavy atom. The van der Waals surface area contributed by atoms with Crippen molar-refractivity contribution in [2.45, 2.75) is 6.42 Å². The van der Waals surface area contributed by atoms with Crippen molar-refractivity contribution in [2.75, 3.05) is 4.90 Å². The zero-order valence-electron chi connectivity index (χ0n) is 9.78. The van der Waals surface area contributed by atoms with Crippen molar-refractivity contribution in [3.05, 3.63) is 65.8 Å². The standard InChI is InChI=1S/C14H9F3N2/c15-10-7-11(16)13(12(17)8-10)19-6-2-4-9-3-1-5-18-14(9)19/h1-3,5-8H,4H2. The molecular formula is C14H9F3N2. The predicted octanol–water partition coefficient (Wildman–Crippen LogP) is 3.71. The van der Waals surface area contributed by atoms with E-state index < -0.39 is 17.5 Å². The average molecular weight is 262 g/mol. The zero-order chi connectivity index (χ0) is 13.4. The van der Waals surface area contributed by atoms with Gasteiger partial charge in [-0.2, -0.15) is 0 Å². The van der Waals surface area contributed by atoms with Crippen LogP contribution in [-0.2, 0) is 6.42 Å². The summed E-state index contributed by atoms with van der Waals surface area (Å²) in [5, 5.41) is 0. The Bertz CT molecular complexity index is 644. The number of halogens is 3. The third-order valence-electron chi connectivity index (χ3n) is 2.91. The van der Waals surface area contributed by atoms with E-state index in [1.54, 1.807) is 18.3 Å². The summed E-state index contributed by atoms with van der Waals surface area (Å²) < 4.78 is 40.6. The van der Waals surface area contributed by atoms with Crippen molar-refractivity contribution in [3.63, 3.8) is 0 Å². The molecule has 1 aromatic heterocycles. The maximum Gasteiger partial charge on any atom is 0.153 e. The molecule has 0 saturated carbocycles. The van der Waals surface area contributed by atoms with Crippen molar-refractivity contribution < 1.29 is 13.2 Å². The topological polar surface area (TPSA) is 16.1 Å². The molecule has 0 spiro atoms. The first kappa shape index (κ1) is 11.8. The zero-order valence-corrected chi connectivity index (χ0v) is 9.78. The average Bonchev–Trinajstić information content (AvgIpc) is 2.38. The maximum atomic E-state index is 13.8. The van der Waals surface area contributed by atoms with Gasteiger partial charge in [0, 0.05) is 24.5 Å². The first-order valence-corrected chi connectivity index (χ1v) is 5.71. The highest BCUT2D eigenvalue weighted by atomic mass is 19.1. The highest BCUT2D eigenvalue weighted by Crippen LogP contribution is 2.34. The largest absolute Gasteiger partial charge is 0.296 e. The Morgan fingerprint density at radius 2 is 1.84 bits per heavy atom. The van der Waals surface area contributed by atoms with Gasteiger partial charge in [-0.15, -0.1) is 0 Å². The van der Waals surface area contributed by atoms with E-state index in [-0.39, 0.29) is 5.69 Å². The number of aromatic nitrogens is 1. The Hall–Kier alpha value is -2.30. The lowest BCUT2D eigenvalue weighted by Crippen LogP contribution is -2.18. The molecule has 1 aromatic carbocycles. The Labute approximate surface area is 107 Å². The minimum atomic E-state index is -0.958. The molecule has 0 radical (unpaired) electrons. The Kier molecular flexibility index (Phi) is 2.74. The van der Waals surface area contributed by atoms with E-state index >= 15 is 0 Å². The van der Waals surface area contributed by atoms with Gasteiger partial charge in [0.05, 0.1) is 0 Å². The van der Waals surface area contributed by atoms with Gasteiger partial charge in [0.2, 0.25) is 0 Å². The van der Waals surface area contributed by atoms with Crippen molar-refractivity contribution in [2.24, 2.45) is 0 Å². The van der Waals surface area contributed by atoms with Gasteiger partial charge in [0.25, 0.3) is 0 Å². The minimum absolute atomic E-state index is 0.322. The third kappa shape index (κ3) is 1.97. The predicted molar refractivity (Wildman–Crippen MR) is 65.5 cm³/mol. The van der Waals surface area contributed by atoms with E-state index in [9.17, 15) is 13.2 Å². The van der Waals surface area contributed by atoms with Crippen molar-refractivity contribution >= 4 is 11.5 Å². The van der Waals surface area contributed by atoms with Crippen LogP contribution in [0.15, 0.2) is 42.7 Å². The molecule has 0 aliphatic carbocycles. The van der Waals surface area contributed by atoms with Crippen LogP contribution in [0, 0.1) is 17.5 Å². The number of hydrogen-bond donors (Lipinski definition) is 0. The molecule has 2 heterocycles. The summed E-state index contributed by atoms with van der Waals surface area (Å²) in [5.41, 5.74) is 0.533. The Balaban J connectivity index is 2.18. The molecule has 0 bridgehead atoms. The van der Waals surface area contributed by atoms with Crippen molar-refractivity contribution in [1.82, 2.24) is 4.98 Å². The van der Waals surface area contributed by atoms with Crippen molar-refractivity contribution in [1.29, 1.82) is 0 Å². The Morgan fingerprint density at radius 3 is 2.58 bits per heavy atom. The van der Waals surface area contributed by atoms with Crippen LogP contribution < -0.4 is 4.90 Å². The van der Waals surface area contributed by atoms with Crippen LogP contribution in [0.1, 0.15) is 5.56 Å². The molecule has 96 valence electrons.